The molecule has 0 saturated carbocycles. The SMILES string of the molecule is CCCc1ccc(-c2ccc(-c3c(C)c[nH]c3C)cc2)cc1. The molecule has 0 radical (unpaired) electrons. The van der Waals surface area contributed by atoms with Crippen LogP contribution in [0.1, 0.15) is 30.2 Å². The first-order chi connectivity index (χ1) is 10.7. The number of rotatable bonds is 4. The number of aryl methyl sites for hydroxylation is 3. The molecule has 1 heterocycles. The number of hydrogen-bond donors (Lipinski definition) is 1. The summed E-state index contributed by atoms with van der Waals surface area (Å²) in [6.45, 7) is 6.50. The van der Waals surface area contributed by atoms with Crippen LogP contribution < -0.4 is 0 Å². The van der Waals surface area contributed by atoms with Crippen molar-refractivity contribution in [3.63, 3.8) is 0 Å². The normalized spacial score (nSPS) is 10.9. The highest BCUT2D eigenvalue weighted by molar-refractivity contribution is 5.73. The molecule has 0 aliphatic carbocycles. The fraction of sp³-hybridized carbons (Fsp3) is 0.238. The zero-order valence-electron chi connectivity index (χ0n) is 13.6. The molecule has 1 aromatic heterocycles. The highest BCUT2D eigenvalue weighted by Gasteiger charge is 2.07. The van der Waals surface area contributed by atoms with Crippen LogP contribution in [-0.2, 0) is 6.42 Å². The Labute approximate surface area is 133 Å². The summed E-state index contributed by atoms with van der Waals surface area (Å²) in [5.74, 6) is 0. The van der Waals surface area contributed by atoms with Crippen LogP contribution in [-0.4, -0.2) is 4.98 Å². The van der Waals surface area contributed by atoms with Crippen LogP contribution in [0.3, 0.4) is 0 Å². The van der Waals surface area contributed by atoms with Gasteiger partial charge in [-0.2, -0.15) is 0 Å². The lowest BCUT2D eigenvalue weighted by molar-refractivity contribution is 0.922. The van der Waals surface area contributed by atoms with E-state index >= 15 is 0 Å². The van der Waals surface area contributed by atoms with Crippen molar-refractivity contribution in [3.05, 3.63) is 71.5 Å². The van der Waals surface area contributed by atoms with Gasteiger partial charge >= 0.3 is 0 Å². The van der Waals surface area contributed by atoms with Crippen LogP contribution in [0, 0.1) is 13.8 Å². The van der Waals surface area contributed by atoms with Gasteiger partial charge in [0.15, 0.2) is 0 Å². The summed E-state index contributed by atoms with van der Waals surface area (Å²) in [6, 6.07) is 17.8. The molecule has 112 valence electrons. The summed E-state index contributed by atoms with van der Waals surface area (Å²) in [6.07, 6.45) is 4.43. The van der Waals surface area contributed by atoms with E-state index in [1.165, 1.54) is 45.5 Å². The summed E-state index contributed by atoms with van der Waals surface area (Å²) < 4.78 is 0. The van der Waals surface area contributed by atoms with E-state index in [9.17, 15) is 0 Å². The standard InChI is InChI=1S/C21H23N/c1-4-5-17-6-8-18(9-7-17)19-10-12-20(13-11-19)21-15(2)14-22-16(21)3/h6-14,22H,4-5H2,1-3H3. The number of benzene rings is 2. The molecule has 3 rings (SSSR count). The van der Waals surface area contributed by atoms with Crippen LogP contribution in [0.5, 0.6) is 0 Å². The van der Waals surface area contributed by atoms with Gasteiger partial charge in [-0.05, 0) is 48.1 Å². The number of H-pyrrole nitrogens is 1. The Hall–Kier alpha value is -2.28. The molecule has 0 atom stereocenters. The minimum Gasteiger partial charge on any atom is -0.364 e. The van der Waals surface area contributed by atoms with Crippen LogP contribution >= 0.6 is 0 Å². The summed E-state index contributed by atoms with van der Waals surface area (Å²) in [5, 5.41) is 0. The van der Waals surface area contributed by atoms with Gasteiger partial charge in [-0.1, -0.05) is 61.9 Å². The van der Waals surface area contributed by atoms with E-state index in [0.717, 1.165) is 6.42 Å². The molecule has 1 heteroatoms. The first-order valence-electron chi connectivity index (χ1n) is 8.03. The number of nitrogens with one attached hydrogen (secondary N) is 1. The smallest absolute Gasteiger partial charge is 0.0197 e. The number of aromatic amines is 1. The van der Waals surface area contributed by atoms with Gasteiger partial charge in [0.25, 0.3) is 0 Å². The van der Waals surface area contributed by atoms with Gasteiger partial charge in [0.05, 0.1) is 0 Å². The lowest BCUT2D eigenvalue weighted by Crippen LogP contribution is -1.85. The van der Waals surface area contributed by atoms with Crippen molar-refractivity contribution in [1.82, 2.24) is 4.98 Å². The van der Waals surface area contributed by atoms with E-state index in [1.807, 2.05) is 0 Å². The fourth-order valence-corrected chi connectivity index (χ4v) is 3.08. The maximum atomic E-state index is 3.30. The van der Waals surface area contributed by atoms with Crippen LogP contribution in [0.25, 0.3) is 22.3 Å². The van der Waals surface area contributed by atoms with E-state index in [1.54, 1.807) is 0 Å². The monoisotopic (exact) mass is 289 g/mol. The lowest BCUT2D eigenvalue weighted by Gasteiger charge is -2.07. The molecule has 2 aromatic carbocycles. The molecule has 1 nitrogen and oxygen atoms in total. The zero-order chi connectivity index (χ0) is 15.5. The second-order valence-electron chi connectivity index (χ2n) is 6.00. The maximum Gasteiger partial charge on any atom is 0.0197 e. The second kappa shape index (κ2) is 6.23. The summed E-state index contributed by atoms with van der Waals surface area (Å²) in [5.41, 5.74) is 9.11. The molecule has 0 fully saturated rings. The molecule has 1 N–H and O–H groups in total. The first-order valence-corrected chi connectivity index (χ1v) is 8.03. The van der Waals surface area contributed by atoms with Crippen LogP contribution in [0.4, 0.5) is 0 Å². The highest BCUT2D eigenvalue weighted by atomic mass is 14.7. The third-order valence-electron chi connectivity index (χ3n) is 4.27. The predicted molar refractivity (Wildman–Crippen MR) is 95.1 cm³/mol. The van der Waals surface area contributed by atoms with Gasteiger partial charge in [0.2, 0.25) is 0 Å². The number of hydrogen-bond acceptors (Lipinski definition) is 0. The molecule has 0 bridgehead atoms. The van der Waals surface area contributed by atoms with Crippen molar-refractivity contribution in [2.24, 2.45) is 0 Å². The van der Waals surface area contributed by atoms with Crippen molar-refractivity contribution in [2.45, 2.75) is 33.6 Å². The third-order valence-corrected chi connectivity index (χ3v) is 4.27. The van der Waals surface area contributed by atoms with E-state index < -0.39 is 0 Å². The Kier molecular flexibility index (Phi) is 4.15. The highest BCUT2D eigenvalue weighted by Crippen LogP contribution is 2.29. The van der Waals surface area contributed by atoms with Gasteiger partial charge in [0, 0.05) is 17.5 Å². The van der Waals surface area contributed by atoms with Gasteiger partial charge in [-0.15, -0.1) is 0 Å². The molecular formula is C21H23N. The Morgan fingerprint density at radius 3 is 1.82 bits per heavy atom. The topological polar surface area (TPSA) is 15.8 Å². The Morgan fingerprint density at radius 2 is 1.32 bits per heavy atom. The molecule has 0 aliphatic heterocycles. The quantitative estimate of drug-likeness (QED) is 0.613. The van der Waals surface area contributed by atoms with E-state index in [4.69, 9.17) is 0 Å². The maximum absolute atomic E-state index is 3.30. The fourth-order valence-electron chi connectivity index (χ4n) is 3.08. The second-order valence-corrected chi connectivity index (χ2v) is 6.00. The van der Waals surface area contributed by atoms with Gasteiger partial charge in [-0.25, -0.2) is 0 Å². The van der Waals surface area contributed by atoms with Crippen LogP contribution in [0.15, 0.2) is 54.7 Å². The van der Waals surface area contributed by atoms with Gasteiger partial charge in [-0.3, -0.25) is 0 Å². The minimum absolute atomic E-state index is 1.16. The molecule has 0 saturated heterocycles. The molecule has 3 aromatic rings. The van der Waals surface area contributed by atoms with Gasteiger partial charge in [0.1, 0.15) is 0 Å². The number of aromatic nitrogens is 1. The van der Waals surface area contributed by atoms with Crippen molar-refractivity contribution in [3.8, 4) is 22.3 Å². The summed E-state index contributed by atoms with van der Waals surface area (Å²) in [7, 11) is 0. The average Bonchev–Trinajstić information content (AvgIpc) is 2.88. The Balaban J connectivity index is 1.88. The molecule has 0 amide bonds. The third kappa shape index (κ3) is 2.85. The van der Waals surface area contributed by atoms with E-state index in [2.05, 4.69) is 80.5 Å². The largest absolute Gasteiger partial charge is 0.364 e. The molecule has 0 aliphatic rings. The van der Waals surface area contributed by atoms with Crippen molar-refractivity contribution >= 4 is 0 Å². The van der Waals surface area contributed by atoms with Crippen LogP contribution in [0.2, 0.25) is 0 Å². The minimum atomic E-state index is 1.16. The predicted octanol–water partition coefficient (Wildman–Crippen LogP) is 5.92. The van der Waals surface area contributed by atoms with Crippen molar-refractivity contribution in [2.75, 3.05) is 0 Å². The molecule has 0 spiro atoms. The zero-order valence-corrected chi connectivity index (χ0v) is 13.6. The van der Waals surface area contributed by atoms with E-state index in [-0.39, 0.29) is 0 Å². The van der Waals surface area contributed by atoms with Gasteiger partial charge < -0.3 is 4.98 Å². The van der Waals surface area contributed by atoms with E-state index in [0.29, 0.717) is 0 Å². The first kappa shape index (κ1) is 14.6. The summed E-state index contributed by atoms with van der Waals surface area (Å²) in [4.78, 5) is 3.30. The van der Waals surface area contributed by atoms with Crippen molar-refractivity contribution in [1.29, 1.82) is 0 Å². The molecule has 22 heavy (non-hydrogen) atoms. The van der Waals surface area contributed by atoms with Crippen molar-refractivity contribution < 1.29 is 0 Å². The Bertz CT molecular complexity index is 726. The average molecular weight is 289 g/mol. The molecular weight excluding hydrogens is 266 g/mol. The summed E-state index contributed by atoms with van der Waals surface area (Å²) >= 11 is 0. The Morgan fingerprint density at radius 1 is 0.773 bits per heavy atom. The molecule has 0 unspecified atom stereocenters. The lowest BCUT2D eigenvalue weighted by atomic mass is 9.98.